The Bertz CT molecular complexity index is 838. The first-order chi connectivity index (χ1) is 12.7. The summed E-state index contributed by atoms with van der Waals surface area (Å²) in [5, 5.41) is 0. The van der Waals surface area contributed by atoms with Gasteiger partial charge in [-0.2, -0.15) is 0 Å². The van der Waals surface area contributed by atoms with Crippen molar-refractivity contribution in [3.05, 3.63) is 45.7 Å². The third-order valence-corrected chi connectivity index (χ3v) is 5.63. The highest BCUT2D eigenvalue weighted by atomic mass is 79.9. The minimum absolute atomic E-state index is 0.153. The second-order valence-corrected chi connectivity index (χ2v) is 8.00. The standard InChI is InChI=1S/C21H27BrN2O3/c1-12(2)13(3)24-14(4)19(21(23)26)20(15-6-8-16(22)9-7-15)17(24)10-11-18(25)27-5/h6-9,12-13H,10-11H2,1-5H3,(H2,23,26). The van der Waals surface area contributed by atoms with Gasteiger partial charge in [0.25, 0.3) is 5.91 Å². The van der Waals surface area contributed by atoms with Crippen molar-refractivity contribution in [2.45, 2.75) is 46.6 Å². The lowest BCUT2D eigenvalue weighted by atomic mass is 9.98. The van der Waals surface area contributed by atoms with E-state index in [1.165, 1.54) is 7.11 Å². The van der Waals surface area contributed by atoms with Crippen molar-refractivity contribution in [2.24, 2.45) is 11.7 Å². The van der Waals surface area contributed by atoms with Crippen LogP contribution in [0.1, 0.15) is 55.0 Å². The van der Waals surface area contributed by atoms with Gasteiger partial charge in [0.05, 0.1) is 19.1 Å². The van der Waals surface area contributed by atoms with Crippen LogP contribution < -0.4 is 5.73 Å². The number of nitrogens with two attached hydrogens (primary N) is 1. The Hall–Kier alpha value is -2.08. The summed E-state index contributed by atoms with van der Waals surface area (Å²) >= 11 is 3.45. The molecule has 0 aliphatic carbocycles. The van der Waals surface area contributed by atoms with E-state index >= 15 is 0 Å². The van der Waals surface area contributed by atoms with Crippen LogP contribution in [0.2, 0.25) is 0 Å². The molecule has 1 aromatic heterocycles. The number of hydrogen-bond acceptors (Lipinski definition) is 3. The van der Waals surface area contributed by atoms with E-state index in [4.69, 9.17) is 10.5 Å². The lowest BCUT2D eigenvalue weighted by Crippen LogP contribution is -2.18. The Morgan fingerprint density at radius 2 is 1.78 bits per heavy atom. The molecule has 1 amide bonds. The third kappa shape index (κ3) is 4.43. The molecule has 2 rings (SSSR count). The first-order valence-corrected chi connectivity index (χ1v) is 9.84. The van der Waals surface area contributed by atoms with Gasteiger partial charge in [-0.25, -0.2) is 0 Å². The first kappa shape index (κ1) is 21.2. The molecule has 27 heavy (non-hydrogen) atoms. The van der Waals surface area contributed by atoms with Gasteiger partial charge in [0.1, 0.15) is 0 Å². The second kappa shape index (κ2) is 8.74. The number of hydrogen-bond donors (Lipinski definition) is 1. The van der Waals surface area contributed by atoms with Crippen molar-refractivity contribution in [3.63, 3.8) is 0 Å². The number of nitrogens with zero attached hydrogens (tertiary/aromatic N) is 1. The Balaban J connectivity index is 2.76. The molecular formula is C21H27BrN2O3. The fourth-order valence-electron chi connectivity index (χ4n) is 3.41. The molecule has 0 saturated carbocycles. The highest BCUT2D eigenvalue weighted by Gasteiger charge is 2.28. The predicted molar refractivity (Wildman–Crippen MR) is 111 cm³/mol. The molecule has 146 valence electrons. The molecule has 1 aromatic carbocycles. The Morgan fingerprint density at radius 3 is 2.26 bits per heavy atom. The summed E-state index contributed by atoms with van der Waals surface area (Å²) in [6, 6.07) is 7.93. The van der Waals surface area contributed by atoms with Gasteiger partial charge in [-0.1, -0.05) is 41.9 Å². The summed E-state index contributed by atoms with van der Waals surface area (Å²) in [6.07, 6.45) is 0.718. The molecule has 1 heterocycles. The van der Waals surface area contributed by atoms with Crippen LogP contribution in [0.15, 0.2) is 28.7 Å². The number of amides is 1. The highest BCUT2D eigenvalue weighted by molar-refractivity contribution is 9.10. The van der Waals surface area contributed by atoms with Gasteiger partial charge in [0, 0.05) is 27.5 Å². The van der Waals surface area contributed by atoms with E-state index in [0.717, 1.165) is 27.0 Å². The Kier molecular flexibility index (Phi) is 6.87. The van der Waals surface area contributed by atoms with Gasteiger partial charge < -0.3 is 15.0 Å². The molecule has 0 radical (unpaired) electrons. The number of benzene rings is 1. The van der Waals surface area contributed by atoms with Crippen molar-refractivity contribution in [1.82, 2.24) is 4.57 Å². The lowest BCUT2D eigenvalue weighted by Gasteiger charge is -2.23. The Labute approximate surface area is 169 Å². The molecule has 0 aliphatic heterocycles. The van der Waals surface area contributed by atoms with Crippen LogP contribution in [-0.2, 0) is 16.0 Å². The summed E-state index contributed by atoms with van der Waals surface area (Å²) in [4.78, 5) is 24.1. The van der Waals surface area contributed by atoms with Crippen LogP contribution >= 0.6 is 15.9 Å². The number of primary amides is 1. The number of carbonyl (C=O) groups is 2. The van der Waals surface area contributed by atoms with Gasteiger partial charge >= 0.3 is 5.97 Å². The van der Waals surface area contributed by atoms with E-state index in [0.29, 0.717) is 17.9 Å². The first-order valence-electron chi connectivity index (χ1n) is 9.05. The van der Waals surface area contributed by atoms with E-state index in [9.17, 15) is 9.59 Å². The number of carbonyl (C=O) groups excluding carboxylic acids is 2. The van der Waals surface area contributed by atoms with Crippen LogP contribution in [0.5, 0.6) is 0 Å². The molecule has 1 unspecified atom stereocenters. The van der Waals surface area contributed by atoms with E-state index in [1.807, 2.05) is 31.2 Å². The molecule has 0 aliphatic rings. The average Bonchev–Trinajstić information content (AvgIpc) is 2.91. The number of rotatable bonds is 7. The Morgan fingerprint density at radius 1 is 1.19 bits per heavy atom. The number of ether oxygens (including phenoxy) is 1. The van der Waals surface area contributed by atoms with Gasteiger partial charge in [-0.05, 0) is 43.9 Å². The molecular weight excluding hydrogens is 408 g/mol. The molecule has 2 aromatic rings. The molecule has 6 heteroatoms. The molecule has 1 atom stereocenters. The zero-order valence-electron chi connectivity index (χ0n) is 16.5. The number of halogens is 1. The van der Waals surface area contributed by atoms with Crippen LogP contribution in [0, 0.1) is 12.8 Å². The molecule has 0 fully saturated rings. The highest BCUT2D eigenvalue weighted by Crippen LogP contribution is 2.37. The van der Waals surface area contributed by atoms with Crippen molar-refractivity contribution < 1.29 is 14.3 Å². The maximum atomic E-state index is 12.3. The van der Waals surface area contributed by atoms with Crippen LogP contribution in [0.25, 0.3) is 11.1 Å². The molecule has 0 bridgehead atoms. The summed E-state index contributed by atoms with van der Waals surface area (Å²) in [5.74, 6) is -0.383. The summed E-state index contributed by atoms with van der Waals surface area (Å²) < 4.78 is 7.93. The summed E-state index contributed by atoms with van der Waals surface area (Å²) in [7, 11) is 1.38. The zero-order chi connectivity index (χ0) is 20.3. The van der Waals surface area contributed by atoms with E-state index < -0.39 is 5.91 Å². The van der Waals surface area contributed by atoms with Gasteiger partial charge in [0.15, 0.2) is 0 Å². The van der Waals surface area contributed by atoms with Crippen LogP contribution in [0.4, 0.5) is 0 Å². The van der Waals surface area contributed by atoms with Crippen LogP contribution in [-0.4, -0.2) is 23.6 Å². The smallest absolute Gasteiger partial charge is 0.305 e. The largest absolute Gasteiger partial charge is 0.469 e. The molecule has 0 saturated heterocycles. The van der Waals surface area contributed by atoms with Crippen molar-refractivity contribution in [3.8, 4) is 11.1 Å². The second-order valence-electron chi connectivity index (χ2n) is 7.08. The summed E-state index contributed by atoms with van der Waals surface area (Å²) in [6.45, 7) is 8.31. The third-order valence-electron chi connectivity index (χ3n) is 5.10. The van der Waals surface area contributed by atoms with Crippen LogP contribution in [0.3, 0.4) is 0 Å². The fourth-order valence-corrected chi connectivity index (χ4v) is 3.68. The molecule has 0 spiro atoms. The van der Waals surface area contributed by atoms with Crippen molar-refractivity contribution in [1.29, 1.82) is 0 Å². The fraction of sp³-hybridized carbons (Fsp3) is 0.429. The predicted octanol–water partition coefficient (Wildman–Crippen LogP) is 4.65. The minimum Gasteiger partial charge on any atom is -0.469 e. The van der Waals surface area contributed by atoms with E-state index in [-0.39, 0.29) is 18.4 Å². The maximum absolute atomic E-state index is 12.3. The van der Waals surface area contributed by atoms with Gasteiger partial charge in [-0.3, -0.25) is 9.59 Å². The van der Waals surface area contributed by atoms with Crippen molar-refractivity contribution in [2.75, 3.05) is 7.11 Å². The molecule has 5 nitrogen and oxygen atoms in total. The molecule has 2 N–H and O–H groups in total. The minimum atomic E-state index is -0.459. The number of methoxy groups -OCH3 is 1. The van der Waals surface area contributed by atoms with E-state index in [1.54, 1.807) is 0 Å². The SMILES string of the molecule is COC(=O)CCc1c(-c2ccc(Br)cc2)c(C(N)=O)c(C)n1C(C)C(C)C. The zero-order valence-corrected chi connectivity index (χ0v) is 18.1. The maximum Gasteiger partial charge on any atom is 0.305 e. The monoisotopic (exact) mass is 434 g/mol. The normalized spacial score (nSPS) is 12.3. The topological polar surface area (TPSA) is 74.3 Å². The average molecular weight is 435 g/mol. The quantitative estimate of drug-likeness (QED) is 0.644. The number of esters is 1. The van der Waals surface area contributed by atoms with Gasteiger partial charge in [0.2, 0.25) is 0 Å². The summed E-state index contributed by atoms with van der Waals surface area (Å²) in [5.41, 5.74) is 9.78. The van der Waals surface area contributed by atoms with Crippen molar-refractivity contribution >= 4 is 27.8 Å². The lowest BCUT2D eigenvalue weighted by molar-refractivity contribution is -0.140. The van der Waals surface area contributed by atoms with E-state index in [2.05, 4.69) is 41.3 Å². The van der Waals surface area contributed by atoms with Gasteiger partial charge in [-0.15, -0.1) is 0 Å². The number of aromatic nitrogens is 1.